The number of nitrogens with zero attached hydrogens (tertiary/aromatic N) is 1. The monoisotopic (exact) mass is 362 g/mol. The van der Waals surface area contributed by atoms with Gasteiger partial charge in [-0.1, -0.05) is 12.1 Å². The van der Waals surface area contributed by atoms with Gasteiger partial charge in [0.2, 0.25) is 5.91 Å². The van der Waals surface area contributed by atoms with Gasteiger partial charge in [-0.3, -0.25) is 19.3 Å². The Morgan fingerprint density at radius 2 is 1.62 bits per heavy atom. The summed E-state index contributed by atoms with van der Waals surface area (Å²) in [6.45, 7) is 0. The molecule has 134 valence electrons. The van der Waals surface area contributed by atoms with Crippen LogP contribution in [-0.4, -0.2) is 29.7 Å². The van der Waals surface area contributed by atoms with Crippen LogP contribution in [0, 0.1) is 0 Å². The number of imide groups is 1. The Bertz CT molecular complexity index is 905. The van der Waals surface area contributed by atoms with Gasteiger partial charge in [-0.15, -0.1) is 0 Å². The minimum absolute atomic E-state index is 0.123. The van der Waals surface area contributed by atoms with Gasteiger partial charge in [0.25, 0.3) is 11.8 Å². The summed E-state index contributed by atoms with van der Waals surface area (Å²) in [6, 6.07) is 8.66. The summed E-state index contributed by atoms with van der Waals surface area (Å²) in [6.07, 6.45) is -4.55. The number of alkyl halides is 3. The maximum Gasteiger partial charge on any atom is 0.416 e. The standard InChI is InChI=1S/C18H13F3N2O3/c1-23-16(25)13-7-6-12(9-14(13)17(23)26)22-15(24)8-10-2-4-11(5-3-10)18(19,20)21/h2-7,9H,8H2,1H3,(H,22,24). The molecule has 0 unspecified atom stereocenters. The second-order valence-corrected chi connectivity index (χ2v) is 5.85. The van der Waals surface area contributed by atoms with Crippen molar-refractivity contribution < 1.29 is 27.6 Å². The quantitative estimate of drug-likeness (QED) is 0.854. The zero-order chi connectivity index (χ0) is 19.1. The van der Waals surface area contributed by atoms with E-state index in [-0.39, 0.29) is 17.5 Å². The van der Waals surface area contributed by atoms with E-state index in [9.17, 15) is 27.6 Å². The Kier molecular flexibility index (Phi) is 4.27. The number of anilines is 1. The lowest BCUT2D eigenvalue weighted by atomic mass is 10.1. The van der Waals surface area contributed by atoms with Crippen LogP contribution in [0.2, 0.25) is 0 Å². The van der Waals surface area contributed by atoms with Crippen molar-refractivity contribution in [2.75, 3.05) is 12.4 Å². The number of fused-ring (bicyclic) bond motifs is 1. The van der Waals surface area contributed by atoms with E-state index in [4.69, 9.17) is 0 Å². The second-order valence-electron chi connectivity index (χ2n) is 5.85. The summed E-state index contributed by atoms with van der Waals surface area (Å²) in [4.78, 5) is 36.8. The average molecular weight is 362 g/mol. The first-order valence-electron chi connectivity index (χ1n) is 7.59. The largest absolute Gasteiger partial charge is 0.416 e. The van der Waals surface area contributed by atoms with Crippen LogP contribution in [0.25, 0.3) is 0 Å². The van der Waals surface area contributed by atoms with Crippen molar-refractivity contribution in [3.05, 3.63) is 64.7 Å². The molecule has 5 nitrogen and oxygen atoms in total. The molecule has 1 N–H and O–H groups in total. The summed E-state index contributed by atoms with van der Waals surface area (Å²) in [5.74, 6) is -1.31. The lowest BCUT2D eigenvalue weighted by molar-refractivity contribution is -0.137. The SMILES string of the molecule is CN1C(=O)c2ccc(NC(=O)Cc3ccc(C(F)(F)F)cc3)cc2C1=O. The molecule has 0 saturated carbocycles. The van der Waals surface area contributed by atoms with Crippen molar-refractivity contribution in [1.29, 1.82) is 0 Å². The molecule has 0 aliphatic carbocycles. The number of amides is 3. The molecule has 8 heteroatoms. The van der Waals surface area contributed by atoms with E-state index in [0.29, 0.717) is 11.3 Å². The van der Waals surface area contributed by atoms with Gasteiger partial charge >= 0.3 is 6.18 Å². The zero-order valence-corrected chi connectivity index (χ0v) is 13.6. The van der Waals surface area contributed by atoms with Crippen LogP contribution in [0.15, 0.2) is 42.5 Å². The third kappa shape index (κ3) is 3.30. The molecular formula is C18H13F3N2O3. The van der Waals surface area contributed by atoms with E-state index in [1.54, 1.807) is 0 Å². The Morgan fingerprint density at radius 3 is 2.23 bits per heavy atom. The smallest absolute Gasteiger partial charge is 0.326 e. The average Bonchev–Trinajstić information content (AvgIpc) is 2.79. The summed E-state index contributed by atoms with van der Waals surface area (Å²) in [7, 11) is 1.37. The second kappa shape index (κ2) is 6.29. The molecule has 0 fully saturated rings. The Hall–Kier alpha value is -3.16. The summed E-state index contributed by atoms with van der Waals surface area (Å²) >= 11 is 0. The molecule has 26 heavy (non-hydrogen) atoms. The molecule has 0 bridgehead atoms. The van der Waals surface area contributed by atoms with Crippen LogP contribution < -0.4 is 5.32 Å². The normalized spacial score (nSPS) is 13.8. The molecular weight excluding hydrogens is 349 g/mol. The molecule has 0 saturated heterocycles. The molecule has 0 aromatic heterocycles. The fourth-order valence-corrected chi connectivity index (χ4v) is 2.64. The summed E-state index contributed by atoms with van der Waals surface area (Å²) in [5, 5.41) is 2.57. The van der Waals surface area contributed by atoms with Crippen molar-refractivity contribution in [2.24, 2.45) is 0 Å². The van der Waals surface area contributed by atoms with Crippen LogP contribution in [-0.2, 0) is 17.4 Å². The zero-order valence-electron chi connectivity index (χ0n) is 13.6. The Labute approximate surface area is 146 Å². The summed E-state index contributed by atoms with van der Waals surface area (Å²) in [5.41, 5.74) is 0.426. The van der Waals surface area contributed by atoms with Crippen molar-refractivity contribution >= 4 is 23.4 Å². The van der Waals surface area contributed by atoms with Crippen molar-refractivity contribution in [3.63, 3.8) is 0 Å². The lowest BCUT2D eigenvalue weighted by Gasteiger charge is -2.09. The van der Waals surface area contributed by atoms with Gasteiger partial charge in [0, 0.05) is 12.7 Å². The molecule has 0 atom stereocenters. The van der Waals surface area contributed by atoms with Crippen LogP contribution in [0.1, 0.15) is 31.8 Å². The number of carbonyl (C=O) groups excluding carboxylic acids is 3. The maximum atomic E-state index is 12.5. The van der Waals surface area contributed by atoms with Gasteiger partial charge in [-0.25, -0.2) is 0 Å². The summed E-state index contributed by atoms with van der Waals surface area (Å²) < 4.78 is 37.6. The van der Waals surface area contributed by atoms with E-state index >= 15 is 0 Å². The van der Waals surface area contributed by atoms with E-state index in [1.165, 1.54) is 37.4 Å². The van der Waals surface area contributed by atoms with Gasteiger partial charge in [-0.2, -0.15) is 13.2 Å². The Balaban J connectivity index is 1.70. The predicted molar refractivity (Wildman–Crippen MR) is 86.6 cm³/mol. The van der Waals surface area contributed by atoms with E-state index in [1.807, 2.05) is 0 Å². The molecule has 0 radical (unpaired) electrons. The van der Waals surface area contributed by atoms with Crippen LogP contribution >= 0.6 is 0 Å². The van der Waals surface area contributed by atoms with Gasteiger partial charge in [0.15, 0.2) is 0 Å². The Morgan fingerprint density at radius 1 is 1.00 bits per heavy atom. The number of nitrogens with one attached hydrogen (secondary N) is 1. The molecule has 3 rings (SSSR count). The van der Waals surface area contributed by atoms with Crippen LogP contribution in [0.5, 0.6) is 0 Å². The topological polar surface area (TPSA) is 66.5 Å². The minimum atomic E-state index is -4.43. The number of halogens is 3. The molecule has 1 aliphatic heterocycles. The van der Waals surface area contributed by atoms with Crippen LogP contribution in [0.3, 0.4) is 0 Å². The highest BCUT2D eigenvalue weighted by Gasteiger charge is 2.33. The predicted octanol–water partition coefficient (Wildman–Crippen LogP) is 3.11. The van der Waals surface area contributed by atoms with Crippen molar-refractivity contribution in [1.82, 2.24) is 4.90 Å². The van der Waals surface area contributed by atoms with E-state index in [0.717, 1.165) is 17.0 Å². The maximum absolute atomic E-state index is 12.5. The first kappa shape index (κ1) is 17.7. The van der Waals surface area contributed by atoms with E-state index < -0.39 is 29.5 Å². The molecule has 2 aromatic carbocycles. The highest BCUT2D eigenvalue weighted by molar-refractivity contribution is 6.21. The number of carbonyl (C=O) groups is 3. The van der Waals surface area contributed by atoms with Gasteiger partial charge in [-0.05, 0) is 35.9 Å². The van der Waals surface area contributed by atoms with Gasteiger partial charge in [0.05, 0.1) is 23.1 Å². The first-order valence-corrected chi connectivity index (χ1v) is 7.59. The fourth-order valence-electron chi connectivity index (χ4n) is 2.64. The van der Waals surface area contributed by atoms with E-state index in [2.05, 4.69) is 5.32 Å². The van der Waals surface area contributed by atoms with Crippen molar-refractivity contribution in [3.8, 4) is 0 Å². The minimum Gasteiger partial charge on any atom is -0.326 e. The van der Waals surface area contributed by atoms with Gasteiger partial charge < -0.3 is 5.32 Å². The first-order chi connectivity index (χ1) is 12.2. The number of hydrogen-bond acceptors (Lipinski definition) is 3. The van der Waals surface area contributed by atoms with Gasteiger partial charge in [0.1, 0.15) is 0 Å². The molecule has 2 aromatic rings. The van der Waals surface area contributed by atoms with Crippen LogP contribution in [0.4, 0.5) is 18.9 Å². The fraction of sp³-hybridized carbons (Fsp3) is 0.167. The molecule has 0 spiro atoms. The number of rotatable bonds is 3. The van der Waals surface area contributed by atoms with Crippen molar-refractivity contribution in [2.45, 2.75) is 12.6 Å². The third-order valence-corrected chi connectivity index (χ3v) is 4.02. The lowest BCUT2D eigenvalue weighted by Crippen LogP contribution is -2.24. The molecule has 1 heterocycles. The molecule has 3 amide bonds. The highest BCUT2D eigenvalue weighted by atomic mass is 19.4. The third-order valence-electron chi connectivity index (χ3n) is 4.02. The highest BCUT2D eigenvalue weighted by Crippen LogP contribution is 2.29. The number of hydrogen-bond donors (Lipinski definition) is 1. The molecule has 1 aliphatic rings. The number of benzene rings is 2.